The number of ether oxygens (including phenoxy) is 2. The van der Waals surface area contributed by atoms with Gasteiger partial charge in [0.1, 0.15) is 5.75 Å². The van der Waals surface area contributed by atoms with Crippen LogP contribution in [0.1, 0.15) is 129 Å². The molecule has 2 aromatic carbocycles. The highest BCUT2D eigenvalue weighted by Gasteiger charge is 2.23. The fourth-order valence-corrected chi connectivity index (χ4v) is 8.57. The molecule has 0 saturated carbocycles. The lowest BCUT2D eigenvalue weighted by atomic mass is 10.0. The molecule has 0 aliphatic carbocycles. The lowest BCUT2D eigenvalue weighted by molar-refractivity contribution is 0.114. The maximum Gasteiger partial charge on any atom is 0.408 e. The number of hydrogen-bond acceptors (Lipinski definition) is 7. The van der Waals surface area contributed by atoms with Crippen molar-refractivity contribution in [1.82, 2.24) is 15.2 Å². The summed E-state index contributed by atoms with van der Waals surface area (Å²) in [6.07, 6.45) is 23.7. The molecule has 5 rings (SSSR count). The van der Waals surface area contributed by atoms with Crippen molar-refractivity contribution < 1.29 is 14.3 Å². The zero-order valence-electron chi connectivity index (χ0n) is 33.0. The van der Waals surface area contributed by atoms with Gasteiger partial charge in [-0.3, -0.25) is 9.36 Å². The summed E-state index contributed by atoms with van der Waals surface area (Å²) in [5.41, 5.74) is 1.82. The predicted octanol–water partition coefficient (Wildman–Crippen LogP) is 11.2. The molecule has 1 aliphatic rings. The van der Waals surface area contributed by atoms with Crippen LogP contribution in [-0.2, 0) is 11.5 Å². The van der Waals surface area contributed by atoms with Gasteiger partial charge in [-0.25, -0.2) is 4.79 Å². The smallest absolute Gasteiger partial charge is 0.408 e. The van der Waals surface area contributed by atoms with Crippen LogP contribution in [0.4, 0.5) is 10.5 Å². The zero-order chi connectivity index (χ0) is 37.6. The fraction of sp³-hybridized carbons (Fsp3) is 0.600. The molecule has 8 nitrogen and oxygen atoms in total. The second kappa shape index (κ2) is 24.1. The molecule has 0 radical (unpaired) electrons. The highest BCUT2D eigenvalue weighted by molar-refractivity contribution is 7.17. The topological polar surface area (TPSA) is 84.8 Å². The van der Waals surface area contributed by atoms with E-state index in [1.807, 2.05) is 18.2 Å². The van der Waals surface area contributed by atoms with Gasteiger partial charge >= 0.3 is 6.09 Å². The van der Waals surface area contributed by atoms with Crippen LogP contribution in [0.25, 0.3) is 21.0 Å². The number of unbranched alkanes of at least 4 members (excludes halogenated alkanes) is 16. The number of carbonyl (C=O) groups is 1. The van der Waals surface area contributed by atoms with Crippen LogP contribution in [0, 0.1) is 0 Å². The molecule has 0 bridgehead atoms. The molecular weight excluding hydrogens is 693 g/mol. The van der Waals surface area contributed by atoms with Gasteiger partial charge in [0.25, 0.3) is 5.56 Å². The Morgan fingerprint density at radius 1 is 0.833 bits per heavy atom. The number of rotatable bonds is 26. The maximum atomic E-state index is 12.8. The summed E-state index contributed by atoms with van der Waals surface area (Å²) < 4.78 is 14.5. The third kappa shape index (κ3) is 13.6. The fourth-order valence-electron chi connectivity index (χ4n) is 7.77. The quantitative estimate of drug-likeness (QED) is 0.0620. The Balaban J connectivity index is 0.940. The Hall–Kier alpha value is -3.56. The van der Waals surface area contributed by atoms with E-state index in [0.717, 1.165) is 57.1 Å². The number of benzene rings is 2. The highest BCUT2D eigenvalue weighted by atomic mass is 32.1. The summed E-state index contributed by atoms with van der Waals surface area (Å²) in [6, 6.07) is 18.4. The maximum absolute atomic E-state index is 12.8. The van der Waals surface area contributed by atoms with Crippen molar-refractivity contribution in [3.8, 4) is 5.75 Å². The highest BCUT2D eigenvalue weighted by Crippen LogP contribution is 2.33. The summed E-state index contributed by atoms with van der Waals surface area (Å²) in [7, 11) is 0. The van der Waals surface area contributed by atoms with Gasteiger partial charge in [-0.2, -0.15) is 0 Å². The first-order valence-corrected chi connectivity index (χ1v) is 22.1. The summed E-state index contributed by atoms with van der Waals surface area (Å²) in [5, 5.41) is 10.9. The summed E-state index contributed by atoms with van der Waals surface area (Å²) >= 11 is 1.80. The Labute approximate surface area is 328 Å². The molecule has 1 saturated heterocycles. The number of fused-ring (bicyclic) bond motifs is 2. The minimum Gasteiger partial charge on any atom is -0.494 e. The third-order valence-electron chi connectivity index (χ3n) is 10.9. The Morgan fingerprint density at radius 2 is 1.54 bits per heavy atom. The molecule has 1 atom stereocenters. The van der Waals surface area contributed by atoms with E-state index in [2.05, 4.69) is 52.1 Å². The average Bonchev–Trinajstić information content (AvgIpc) is 3.68. The van der Waals surface area contributed by atoms with E-state index in [0.29, 0.717) is 30.5 Å². The van der Waals surface area contributed by atoms with Gasteiger partial charge in [0.05, 0.1) is 12.1 Å². The molecule has 1 fully saturated rings. The second-order valence-corrected chi connectivity index (χ2v) is 16.1. The lowest BCUT2D eigenvalue weighted by Gasteiger charge is -2.38. The zero-order valence-corrected chi connectivity index (χ0v) is 33.8. The van der Waals surface area contributed by atoms with Crippen molar-refractivity contribution >= 4 is 44.1 Å². The normalized spacial score (nSPS) is 14.5. The van der Waals surface area contributed by atoms with Crippen LogP contribution in [0.3, 0.4) is 0 Å². The number of nitrogens with zero attached hydrogens (tertiary/aromatic N) is 2. The SMILES string of the molecule is CCCCCCCCCCCCCCCCCCNC(=O)OCn1c(=O)ccc2ccc(OCCCCC3CNCCN3c3cccc4sccc34)cc21. The van der Waals surface area contributed by atoms with E-state index in [4.69, 9.17) is 9.47 Å². The van der Waals surface area contributed by atoms with Crippen molar-refractivity contribution in [3.63, 3.8) is 0 Å². The van der Waals surface area contributed by atoms with E-state index < -0.39 is 6.09 Å². The number of amides is 1. The van der Waals surface area contributed by atoms with E-state index in [-0.39, 0.29) is 12.3 Å². The van der Waals surface area contributed by atoms with Crippen LogP contribution >= 0.6 is 11.3 Å². The average molecular weight is 759 g/mol. The van der Waals surface area contributed by atoms with E-state index in [1.165, 1.54) is 116 Å². The van der Waals surface area contributed by atoms with Gasteiger partial charge in [0.2, 0.25) is 0 Å². The minimum atomic E-state index is -0.494. The number of anilines is 1. The van der Waals surface area contributed by atoms with Gasteiger partial charge < -0.3 is 25.0 Å². The standard InChI is InChI=1S/C45H66N4O4S/c1-2-3-4-5-6-7-8-9-10-11-12-13-14-15-16-18-29-47-45(51)53-36-49-42-34-39(26-24-37(42)25-27-44(49)50)52-32-19-17-21-38-35-46-30-31-48(38)41-22-20-23-43-40(41)28-33-54-43/h20,22-28,33-34,38,46H,2-19,21,29-32,35-36H2,1H3,(H,47,51). The van der Waals surface area contributed by atoms with Crippen molar-refractivity contribution in [2.45, 2.75) is 142 Å². The molecule has 2 N–H and O–H groups in total. The molecular formula is C45H66N4O4S. The number of nitrogens with one attached hydrogen (secondary N) is 2. The predicted molar refractivity (Wildman–Crippen MR) is 227 cm³/mol. The van der Waals surface area contributed by atoms with Crippen LogP contribution in [0.5, 0.6) is 5.75 Å². The Bertz CT molecular complexity index is 1720. The largest absolute Gasteiger partial charge is 0.494 e. The Morgan fingerprint density at radius 3 is 2.28 bits per heavy atom. The van der Waals surface area contributed by atoms with Gasteiger partial charge in [-0.1, -0.05) is 109 Å². The molecule has 9 heteroatoms. The van der Waals surface area contributed by atoms with Gasteiger partial charge in [-0.05, 0) is 72.8 Å². The molecule has 1 aliphatic heterocycles. The van der Waals surface area contributed by atoms with Gasteiger partial charge in [0.15, 0.2) is 6.73 Å². The molecule has 4 aromatic rings. The number of pyridine rings is 1. The number of hydrogen-bond donors (Lipinski definition) is 2. The number of alkyl carbamates (subject to hydrolysis) is 1. The minimum absolute atomic E-state index is 0.143. The van der Waals surface area contributed by atoms with Crippen molar-refractivity contribution in [2.24, 2.45) is 0 Å². The molecule has 0 spiro atoms. The van der Waals surface area contributed by atoms with Crippen LogP contribution in [-0.4, -0.2) is 49.5 Å². The molecule has 3 heterocycles. The van der Waals surface area contributed by atoms with E-state index in [9.17, 15) is 9.59 Å². The number of piperazine rings is 1. The van der Waals surface area contributed by atoms with Crippen molar-refractivity contribution in [2.75, 3.05) is 37.7 Å². The van der Waals surface area contributed by atoms with Crippen LogP contribution in [0.15, 0.2) is 64.8 Å². The first-order chi connectivity index (χ1) is 26.6. The van der Waals surface area contributed by atoms with Crippen LogP contribution in [0.2, 0.25) is 0 Å². The van der Waals surface area contributed by atoms with Gasteiger partial charge in [-0.15, -0.1) is 11.3 Å². The monoisotopic (exact) mass is 758 g/mol. The lowest BCUT2D eigenvalue weighted by Crippen LogP contribution is -2.51. The van der Waals surface area contributed by atoms with E-state index >= 15 is 0 Å². The number of aromatic nitrogens is 1. The number of thiophene rings is 1. The Kier molecular flexibility index (Phi) is 18.5. The second-order valence-electron chi connectivity index (χ2n) is 15.1. The van der Waals surface area contributed by atoms with Gasteiger partial charge in [0, 0.05) is 60.1 Å². The molecule has 296 valence electrons. The molecule has 2 aromatic heterocycles. The summed E-state index contributed by atoms with van der Waals surface area (Å²) in [6.45, 7) is 6.32. The van der Waals surface area contributed by atoms with Crippen LogP contribution < -0.4 is 25.8 Å². The van der Waals surface area contributed by atoms with Crippen molar-refractivity contribution in [1.29, 1.82) is 0 Å². The van der Waals surface area contributed by atoms with Crippen molar-refractivity contribution in [3.05, 3.63) is 70.3 Å². The molecule has 1 amide bonds. The first-order valence-electron chi connectivity index (χ1n) is 21.2. The summed E-state index contributed by atoms with van der Waals surface area (Å²) in [5.74, 6) is 0.708. The molecule has 1 unspecified atom stereocenters. The first kappa shape index (κ1) is 41.6. The summed E-state index contributed by atoms with van der Waals surface area (Å²) in [4.78, 5) is 27.9. The molecule has 54 heavy (non-hydrogen) atoms. The third-order valence-corrected chi connectivity index (χ3v) is 11.8. The number of carbonyl (C=O) groups excluding carboxylic acids is 1. The van der Waals surface area contributed by atoms with E-state index in [1.54, 1.807) is 17.4 Å².